The van der Waals surface area contributed by atoms with Crippen molar-refractivity contribution in [2.24, 2.45) is 0 Å². The van der Waals surface area contributed by atoms with E-state index in [9.17, 15) is 9.59 Å². The Hall–Kier alpha value is -3.31. The molecule has 1 aromatic heterocycles. The molecule has 0 radical (unpaired) electrons. The summed E-state index contributed by atoms with van der Waals surface area (Å²) in [5.74, 6) is -0.195. The zero-order valence-corrected chi connectivity index (χ0v) is 16.8. The maximum absolute atomic E-state index is 12.2. The van der Waals surface area contributed by atoms with Gasteiger partial charge in [-0.25, -0.2) is 4.98 Å². The number of anilines is 1. The minimum Gasteiger partial charge on any atom is -0.326 e. The molecule has 0 saturated carbocycles. The van der Waals surface area contributed by atoms with Gasteiger partial charge in [-0.2, -0.15) is 0 Å². The highest BCUT2D eigenvalue weighted by molar-refractivity contribution is 7.21. The molecule has 0 aliphatic heterocycles. The van der Waals surface area contributed by atoms with Gasteiger partial charge in [-0.15, -0.1) is 11.3 Å². The number of ketones is 1. The number of Topliss-reactive ketones (excluding diaryl/α,β-unsaturated/α-hetero) is 1. The van der Waals surface area contributed by atoms with Crippen LogP contribution in [0.3, 0.4) is 0 Å². The molecule has 0 fully saturated rings. The molecule has 29 heavy (non-hydrogen) atoms. The number of nitrogens with zero attached hydrogens (tertiary/aromatic N) is 1. The summed E-state index contributed by atoms with van der Waals surface area (Å²) >= 11 is 1.66. The van der Waals surface area contributed by atoms with Gasteiger partial charge in [0, 0.05) is 29.7 Å². The largest absolute Gasteiger partial charge is 0.326 e. The Balaban J connectivity index is 1.37. The third kappa shape index (κ3) is 4.58. The van der Waals surface area contributed by atoms with E-state index in [1.54, 1.807) is 23.5 Å². The van der Waals surface area contributed by atoms with Gasteiger partial charge >= 0.3 is 0 Å². The fourth-order valence-electron chi connectivity index (χ4n) is 3.07. The highest BCUT2D eigenvalue weighted by Crippen LogP contribution is 2.31. The van der Waals surface area contributed by atoms with Gasteiger partial charge in [0.15, 0.2) is 5.78 Å². The minimum absolute atomic E-state index is 0.0258. The number of aromatic nitrogens is 1. The molecule has 3 aromatic carbocycles. The van der Waals surface area contributed by atoms with E-state index in [2.05, 4.69) is 29.4 Å². The number of thiazole rings is 1. The number of aryl methyl sites for hydroxylation is 1. The van der Waals surface area contributed by atoms with Crippen LogP contribution in [0.2, 0.25) is 0 Å². The van der Waals surface area contributed by atoms with Crippen LogP contribution in [0.25, 0.3) is 20.8 Å². The van der Waals surface area contributed by atoms with Gasteiger partial charge in [0.2, 0.25) is 5.91 Å². The fraction of sp³-hybridized carbons (Fsp3) is 0.125. The predicted molar refractivity (Wildman–Crippen MR) is 118 cm³/mol. The zero-order valence-electron chi connectivity index (χ0n) is 16.0. The third-order valence-corrected chi connectivity index (χ3v) is 5.70. The summed E-state index contributed by atoms with van der Waals surface area (Å²) in [5, 5.41) is 3.81. The number of carbonyl (C=O) groups excluding carboxylic acids is 2. The number of carbonyl (C=O) groups is 2. The van der Waals surface area contributed by atoms with Crippen LogP contribution in [0.15, 0.2) is 72.8 Å². The van der Waals surface area contributed by atoms with Crippen molar-refractivity contribution in [2.45, 2.75) is 19.8 Å². The summed E-state index contributed by atoms with van der Waals surface area (Å²) < 4.78 is 1.17. The average molecular weight is 401 g/mol. The smallest absolute Gasteiger partial charge is 0.224 e. The van der Waals surface area contributed by atoms with Gasteiger partial charge in [-0.1, -0.05) is 36.4 Å². The number of nitrogens with one attached hydrogen (secondary N) is 1. The van der Waals surface area contributed by atoms with Crippen molar-refractivity contribution in [3.05, 3.63) is 83.9 Å². The van der Waals surface area contributed by atoms with E-state index in [1.807, 2.05) is 48.5 Å². The molecule has 4 nitrogen and oxygen atoms in total. The number of hydrogen-bond donors (Lipinski definition) is 1. The first kappa shape index (κ1) is 19.0. The Morgan fingerprint density at radius 2 is 1.69 bits per heavy atom. The Morgan fingerprint density at radius 3 is 2.45 bits per heavy atom. The fourth-order valence-corrected chi connectivity index (χ4v) is 4.14. The summed E-state index contributed by atoms with van der Waals surface area (Å²) in [4.78, 5) is 29.0. The van der Waals surface area contributed by atoms with Crippen LogP contribution in [0.4, 0.5) is 5.69 Å². The SMILES string of the molecule is Cc1ccc2nc(-c3ccc(NC(=O)CCC(=O)c4ccccc4)cc3)sc2c1. The van der Waals surface area contributed by atoms with Crippen LogP contribution in [0, 0.1) is 6.92 Å². The highest BCUT2D eigenvalue weighted by atomic mass is 32.1. The summed E-state index contributed by atoms with van der Waals surface area (Å²) in [6, 6.07) is 22.9. The van der Waals surface area contributed by atoms with Gasteiger partial charge < -0.3 is 5.32 Å². The summed E-state index contributed by atoms with van der Waals surface area (Å²) in [6.07, 6.45) is 0.353. The second-order valence-electron chi connectivity index (χ2n) is 6.90. The first-order valence-corrected chi connectivity index (χ1v) is 10.3. The molecule has 0 spiro atoms. The monoisotopic (exact) mass is 400 g/mol. The maximum Gasteiger partial charge on any atom is 0.224 e. The van der Waals surface area contributed by atoms with Crippen molar-refractivity contribution in [2.75, 3.05) is 5.32 Å². The van der Waals surface area contributed by atoms with Gasteiger partial charge in [-0.3, -0.25) is 9.59 Å². The predicted octanol–water partition coefficient (Wildman–Crippen LogP) is 5.87. The molecule has 0 aliphatic rings. The highest BCUT2D eigenvalue weighted by Gasteiger charge is 2.10. The van der Waals surface area contributed by atoms with Crippen LogP contribution in [-0.2, 0) is 4.79 Å². The van der Waals surface area contributed by atoms with E-state index >= 15 is 0 Å². The van der Waals surface area contributed by atoms with Gasteiger partial charge in [0.25, 0.3) is 0 Å². The number of rotatable bonds is 6. The normalized spacial score (nSPS) is 10.8. The number of hydrogen-bond acceptors (Lipinski definition) is 4. The molecule has 1 N–H and O–H groups in total. The first-order chi connectivity index (χ1) is 14.1. The Morgan fingerprint density at radius 1 is 0.931 bits per heavy atom. The van der Waals surface area contributed by atoms with Crippen molar-refractivity contribution in [1.82, 2.24) is 4.98 Å². The van der Waals surface area contributed by atoms with Crippen molar-refractivity contribution in [3.63, 3.8) is 0 Å². The molecule has 1 amide bonds. The van der Waals surface area contributed by atoms with Crippen LogP contribution in [0.5, 0.6) is 0 Å². The Bertz CT molecular complexity index is 1160. The molecule has 5 heteroatoms. The molecule has 0 unspecified atom stereocenters. The van der Waals surface area contributed by atoms with E-state index in [-0.39, 0.29) is 24.5 Å². The molecule has 0 atom stereocenters. The van der Waals surface area contributed by atoms with Crippen molar-refractivity contribution < 1.29 is 9.59 Å². The molecular formula is C24H20N2O2S. The Labute approximate surface area is 173 Å². The van der Waals surface area contributed by atoms with Gasteiger partial charge in [0.05, 0.1) is 10.2 Å². The van der Waals surface area contributed by atoms with Gasteiger partial charge in [0.1, 0.15) is 5.01 Å². The van der Waals surface area contributed by atoms with Crippen LogP contribution in [0.1, 0.15) is 28.8 Å². The average Bonchev–Trinajstić information content (AvgIpc) is 3.16. The quantitative estimate of drug-likeness (QED) is 0.412. The lowest BCUT2D eigenvalue weighted by Crippen LogP contribution is -2.13. The minimum atomic E-state index is -0.169. The van der Waals surface area contributed by atoms with Crippen molar-refractivity contribution in [3.8, 4) is 10.6 Å². The second-order valence-corrected chi connectivity index (χ2v) is 7.94. The molecule has 4 aromatic rings. The maximum atomic E-state index is 12.2. The van der Waals surface area contributed by atoms with Crippen molar-refractivity contribution in [1.29, 1.82) is 0 Å². The summed E-state index contributed by atoms with van der Waals surface area (Å²) in [6.45, 7) is 2.07. The number of benzene rings is 3. The van der Waals surface area contributed by atoms with E-state index in [4.69, 9.17) is 0 Å². The van der Waals surface area contributed by atoms with E-state index < -0.39 is 0 Å². The topological polar surface area (TPSA) is 59.1 Å². The molecule has 1 heterocycles. The standard InChI is InChI=1S/C24H20N2O2S/c1-16-7-12-20-22(15-16)29-24(26-20)18-8-10-19(11-9-18)25-23(28)14-13-21(27)17-5-3-2-4-6-17/h2-12,15H,13-14H2,1H3,(H,25,28). The Kier molecular flexibility index (Phi) is 5.49. The van der Waals surface area contributed by atoms with E-state index in [1.165, 1.54) is 10.3 Å². The molecule has 0 saturated heterocycles. The third-order valence-electron chi connectivity index (χ3n) is 4.63. The van der Waals surface area contributed by atoms with Crippen LogP contribution >= 0.6 is 11.3 Å². The lowest BCUT2D eigenvalue weighted by Gasteiger charge is -2.06. The van der Waals surface area contributed by atoms with Crippen molar-refractivity contribution >= 4 is 38.9 Å². The van der Waals surface area contributed by atoms with E-state index in [0.717, 1.165) is 16.1 Å². The van der Waals surface area contributed by atoms with Crippen LogP contribution in [-0.4, -0.2) is 16.7 Å². The molecule has 0 bridgehead atoms. The lowest BCUT2D eigenvalue weighted by atomic mass is 10.1. The second kappa shape index (κ2) is 8.37. The zero-order chi connectivity index (χ0) is 20.2. The van der Waals surface area contributed by atoms with E-state index in [0.29, 0.717) is 11.3 Å². The number of amides is 1. The molecule has 0 aliphatic carbocycles. The summed E-state index contributed by atoms with van der Waals surface area (Å²) in [5.41, 5.74) is 4.58. The van der Waals surface area contributed by atoms with Gasteiger partial charge in [-0.05, 0) is 48.9 Å². The van der Waals surface area contributed by atoms with Crippen LogP contribution < -0.4 is 5.32 Å². The first-order valence-electron chi connectivity index (χ1n) is 9.44. The summed E-state index contributed by atoms with van der Waals surface area (Å²) in [7, 11) is 0. The molecule has 144 valence electrons. The molecule has 4 rings (SSSR count). The number of fused-ring (bicyclic) bond motifs is 1. The lowest BCUT2D eigenvalue weighted by molar-refractivity contribution is -0.116. The molecular weight excluding hydrogens is 380 g/mol.